The molecule has 2 unspecified atom stereocenters. The Bertz CT molecular complexity index is 1030. The van der Waals surface area contributed by atoms with E-state index in [4.69, 9.17) is 5.11 Å². The standard InChI is InChI=1S/C21H23FN4O3/c1-12-3-4-18(22)15(7-12)16-8-14(9-24-20(16)28)26-19-5-6-23-10-17(19)21(29)25-13(2)11-27/h3-4,6-10,13,19,26-27H,5,11H2,1-2H3,(H,24,28)(H,25,29). The summed E-state index contributed by atoms with van der Waals surface area (Å²) in [5.74, 6) is -0.823. The molecule has 0 spiro atoms. The lowest BCUT2D eigenvalue weighted by molar-refractivity contribution is -0.118. The molecule has 0 saturated heterocycles. The monoisotopic (exact) mass is 398 g/mol. The Morgan fingerprint density at radius 3 is 2.93 bits per heavy atom. The number of aryl methyl sites for hydroxylation is 1. The number of nitrogens with one attached hydrogen (secondary N) is 3. The zero-order valence-electron chi connectivity index (χ0n) is 16.2. The van der Waals surface area contributed by atoms with Crippen molar-refractivity contribution in [3.05, 3.63) is 64.0 Å². The van der Waals surface area contributed by atoms with Crippen LogP contribution in [0, 0.1) is 12.7 Å². The maximum absolute atomic E-state index is 14.3. The van der Waals surface area contributed by atoms with Crippen molar-refractivity contribution >= 4 is 17.8 Å². The van der Waals surface area contributed by atoms with Crippen LogP contribution in [0.1, 0.15) is 18.9 Å². The number of hydrogen-bond acceptors (Lipinski definition) is 5. The number of aliphatic hydroxyl groups excluding tert-OH is 1. The maximum atomic E-state index is 14.3. The fraction of sp³-hybridized carbons (Fsp3) is 0.286. The smallest absolute Gasteiger partial charge is 0.256 e. The molecule has 1 aliphatic rings. The molecule has 0 radical (unpaired) electrons. The van der Waals surface area contributed by atoms with Gasteiger partial charge in [-0.25, -0.2) is 4.39 Å². The van der Waals surface area contributed by atoms with Crippen molar-refractivity contribution in [1.82, 2.24) is 10.3 Å². The summed E-state index contributed by atoms with van der Waals surface area (Å²) in [7, 11) is 0. The molecule has 2 aromatic rings. The number of halogens is 1. The summed E-state index contributed by atoms with van der Waals surface area (Å²) in [6.45, 7) is 3.34. The van der Waals surface area contributed by atoms with Crippen LogP contribution >= 0.6 is 0 Å². The minimum Gasteiger partial charge on any atom is -0.394 e. The number of rotatable bonds is 6. The molecule has 1 aromatic heterocycles. The van der Waals surface area contributed by atoms with Crippen LogP contribution in [0.2, 0.25) is 0 Å². The second-order valence-electron chi connectivity index (χ2n) is 7.02. The molecule has 2 atom stereocenters. The number of aliphatic imine (C=N–C) groups is 1. The van der Waals surface area contributed by atoms with Crippen molar-refractivity contribution in [1.29, 1.82) is 0 Å². The van der Waals surface area contributed by atoms with E-state index < -0.39 is 11.4 Å². The number of anilines is 1. The van der Waals surface area contributed by atoms with Crippen LogP contribution in [0.4, 0.5) is 10.1 Å². The van der Waals surface area contributed by atoms with Crippen molar-refractivity contribution in [3.63, 3.8) is 0 Å². The van der Waals surface area contributed by atoms with Gasteiger partial charge < -0.3 is 20.7 Å². The van der Waals surface area contributed by atoms with E-state index in [0.717, 1.165) is 5.56 Å². The van der Waals surface area contributed by atoms with E-state index in [-0.39, 0.29) is 35.7 Å². The highest BCUT2D eigenvalue weighted by Crippen LogP contribution is 2.24. The van der Waals surface area contributed by atoms with Gasteiger partial charge >= 0.3 is 0 Å². The van der Waals surface area contributed by atoms with Crippen molar-refractivity contribution < 1.29 is 14.3 Å². The van der Waals surface area contributed by atoms with Crippen LogP contribution in [-0.4, -0.2) is 40.9 Å². The van der Waals surface area contributed by atoms with E-state index in [1.165, 1.54) is 18.5 Å². The molecular weight excluding hydrogens is 375 g/mol. The van der Waals surface area contributed by atoms with Gasteiger partial charge in [0.1, 0.15) is 5.82 Å². The van der Waals surface area contributed by atoms with Crippen LogP contribution in [0.3, 0.4) is 0 Å². The molecule has 0 aliphatic carbocycles. The van der Waals surface area contributed by atoms with E-state index in [1.807, 2.05) is 6.92 Å². The normalized spacial score (nSPS) is 16.8. The zero-order chi connectivity index (χ0) is 21.0. The minimum absolute atomic E-state index is 0.175. The third-order valence-corrected chi connectivity index (χ3v) is 4.61. The molecule has 7 nitrogen and oxygen atoms in total. The molecule has 1 amide bonds. The molecule has 2 heterocycles. The lowest BCUT2D eigenvalue weighted by atomic mass is 10.0. The molecule has 152 valence electrons. The van der Waals surface area contributed by atoms with Crippen LogP contribution < -0.4 is 16.2 Å². The molecule has 1 aromatic carbocycles. The van der Waals surface area contributed by atoms with Gasteiger partial charge in [-0.05, 0) is 32.0 Å². The van der Waals surface area contributed by atoms with Gasteiger partial charge in [-0.3, -0.25) is 14.6 Å². The van der Waals surface area contributed by atoms with Gasteiger partial charge in [-0.2, -0.15) is 0 Å². The lowest BCUT2D eigenvalue weighted by Crippen LogP contribution is -2.41. The highest BCUT2D eigenvalue weighted by molar-refractivity contribution is 5.96. The van der Waals surface area contributed by atoms with Gasteiger partial charge in [0.2, 0.25) is 0 Å². The summed E-state index contributed by atoms with van der Waals surface area (Å²) in [5.41, 5.74) is 1.78. The molecular formula is C21H23FN4O3. The Labute approximate surface area is 167 Å². The van der Waals surface area contributed by atoms with Gasteiger partial charge in [-0.15, -0.1) is 0 Å². The zero-order valence-corrected chi connectivity index (χ0v) is 16.2. The molecule has 1 aliphatic heterocycles. The largest absolute Gasteiger partial charge is 0.394 e. The van der Waals surface area contributed by atoms with Crippen LogP contribution in [0.25, 0.3) is 11.1 Å². The predicted molar refractivity (Wildman–Crippen MR) is 110 cm³/mol. The summed E-state index contributed by atoms with van der Waals surface area (Å²) in [6.07, 6.45) is 5.08. The Morgan fingerprint density at radius 1 is 1.38 bits per heavy atom. The minimum atomic E-state index is -0.485. The maximum Gasteiger partial charge on any atom is 0.256 e. The Balaban J connectivity index is 1.87. The van der Waals surface area contributed by atoms with Crippen LogP contribution in [-0.2, 0) is 4.79 Å². The Kier molecular flexibility index (Phi) is 6.23. The fourth-order valence-electron chi connectivity index (χ4n) is 3.04. The first-order valence-corrected chi connectivity index (χ1v) is 9.28. The van der Waals surface area contributed by atoms with Gasteiger partial charge in [0, 0.05) is 36.6 Å². The number of pyridine rings is 1. The average Bonchev–Trinajstić information content (AvgIpc) is 2.71. The molecule has 8 heteroatoms. The third kappa shape index (κ3) is 4.78. The van der Waals surface area contributed by atoms with Crippen molar-refractivity contribution in [2.24, 2.45) is 4.99 Å². The Morgan fingerprint density at radius 2 is 2.17 bits per heavy atom. The first-order valence-electron chi connectivity index (χ1n) is 9.28. The average molecular weight is 398 g/mol. The highest BCUT2D eigenvalue weighted by Gasteiger charge is 2.24. The first kappa shape index (κ1) is 20.5. The Hall–Kier alpha value is -3.26. The molecule has 3 rings (SSSR count). The predicted octanol–water partition coefficient (Wildman–Crippen LogP) is 2.13. The number of aromatic nitrogens is 1. The summed E-state index contributed by atoms with van der Waals surface area (Å²) < 4.78 is 14.3. The van der Waals surface area contributed by atoms with Gasteiger partial charge in [0.05, 0.1) is 29.5 Å². The number of benzene rings is 1. The quantitative estimate of drug-likeness (QED) is 0.598. The number of amides is 1. The van der Waals surface area contributed by atoms with E-state index in [2.05, 4.69) is 20.6 Å². The first-order chi connectivity index (χ1) is 13.9. The molecule has 0 fully saturated rings. The number of aromatic amines is 1. The fourth-order valence-corrected chi connectivity index (χ4v) is 3.04. The third-order valence-electron chi connectivity index (χ3n) is 4.61. The molecule has 4 N–H and O–H groups in total. The number of carbonyl (C=O) groups is 1. The second kappa shape index (κ2) is 8.83. The van der Waals surface area contributed by atoms with E-state index in [9.17, 15) is 14.0 Å². The van der Waals surface area contributed by atoms with Gasteiger partial charge in [0.15, 0.2) is 0 Å². The van der Waals surface area contributed by atoms with Crippen LogP contribution in [0.15, 0.2) is 52.0 Å². The van der Waals surface area contributed by atoms with E-state index in [0.29, 0.717) is 17.7 Å². The van der Waals surface area contributed by atoms with E-state index >= 15 is 0 Å². The topological polar surface area (TPSA) is 107 Å². The molecule has 0 bridgehead atoms. The van der Waals surface area contributed by atoms with Crippen molar-refractivity contribution in [3.8, 4) is 11.1 Å². The second-order valence-corrected chi connectivity index (χ2v) is 7.02. The number of hydrogen-bond donors (Lipinski definition) is 4. The summed E-state index contributed by atoms with van der Waals surface area (Å²) in [4.78, 5) is 31.4. The number of H-pyrrole nitrogens is 1. The molecule has 29 heavy (non-hydrogen) atoms. The number of carbonyl (C=O) groups excluding carboxylic acids is 1. The van der Waals surface area contributed by atoms with Gasteiger partial charge in [-0.1, -0.05) is 11.6 Å². The lowest BCUT2D eigenvalue weighted by Gasteiger charge is -2.24. The van der Waals surface area contributed by atoms with Crippen molar-refractivity contribution in [2.75, 3.05) is 11.9 Å². The number of nitrogens with zero attached hydrogens (tertiary/aromatic N) is 1. The van der Waals surface area contributed by atoms with E-state index in [1.54, 1.807) is 31.3 Å². The molecule has 0 saturated carbocycles. The van der Waals surface area contributed by atoms with Crippen LogP contribution in [0.5, 0.6) is 0 Å². The van der Waals surface area contributed by atoms with Crippen molar-refractivity contribution in [2.45, 2.75) is 32.4 Å². The van der Waals surface area contributed by atoms with Gasteiger partial charge in [0.25, 0.3) is 11.5 Å². The highest BCUT2D eigenvalue weighted by atomic mass is 19.1. The summed E-state index contributed by atoms with van der Waals surface area (Å²) >= 11 is 0. The number of aliphatic hydroxyl groups is 1. The SMILES string of the molecule is Cc1ccc(F)c(-c2cc(NC3CC=NC=C3C(=O)NC(C)CO)c[nH]c2=O)c1. The summed E-state index contributed by atoms with van der Waals surface area (Å²) in [6, 6.07) is 5.37. The summed E-state index contributed by atoms with van der Waals surface area (Å²) in [5, 5.41) is 15.0.